The SMILES string of the molecule is COc1ncc(CCNC(=O)c2cc(C)c(Br)o2)cn1. The number of methoxy groups -OCH3 is 1. The average Bonchev–Trinajstić information content (AvgIpc) is 2.79. The largest absolute Gasteiger partial charge is 0.467 e. The Morgan fingerprint density at radius 3 is 2.70 bits per heavy atom. The van der Waals surface area contributed by atoms with Gasteiger partial charge in [-0.25, -0.2) is 9.97 Å². The van der Waals surface area contributed by atoms with Gasteiger partial charge in [0.15, 0.2) is 10.4 Å². The first-order valence-corrected chi connectivity index (χ1v) is 6.78. The number of rotatable bonds is 5. The summed E-state index contributed by atoms with van der Waals surface area (Å²) in [5, 5.41) is 2.78. The minimum absolute atomic E-state index is 0.242. The molecule has 2 rings (SSSR count). The second kappa shape index (κ2) is 6.51. The van der Waals surface area contributed by atoms with Crippen LogP contribution < -0.4 is 10.1 Å². The molecule has 2 heterocycles. The second-order valence-electron chi connectivity index (χ2n) is 4.15. The van der Waals surface area contributed by atoms with Crippen LogP contribution in [-0.2, 0) is 6.42 Å². The molecular weight excluding hydrogens is 326 g/mol. The number of amides is 1. The van der Waals surface area contributed by atoms with Crippen LogP contribution in [-0.4, -0.2) is 29.5 Å². The Kier molecular flexibility index (Phi) is 4.73. The molecule has 0 atom stereocenters. The van der Waals surface area contributed by atoms with Crippen molar-refractivity contribution in [2.45, 2.75) is 13.3 Å². The van der Waals surface area contributed by atoms with Crippen molar-refractivity contribution in [1.82, 2.24) is 15.3 Å². The lowest BCUT2D eigenvalue weighted by molar-refractivity contribution is 0.0925. The van der Waals surface area contributed by atoms with E-state index in [9.17, 15) is 4.79 Å². The van der Waals surface area contributed by atoms with Crippen molar-refractivity contribution in [2.75, 3.05) is 13.7 Å². The van der Waals surface area contributed by atoms with Crippen molar-refractivity contribution in [3.05, 3.63) is 40.0 Å². The van der Waals surface area contributed by atoms with Crippen molar-refractivity contribution in [3.8, 4) is 6.01 Å². The van der Waals surface area contributed by atoms with Crippen LogP contribution >= 0.6 is 15.9 Å². The van der Waals surface area contributed by atoms with Crippen LogP contribution in [0.15, 0.2) is 27.5 Å². The lowest BCUT2D eigenvalue weighted by Crippen LogP contribution is -2.25. The van der Waals surface area contributed by atoms with Gasteiger partial charge in [0.2, 0.25) is 0 Å². The third-order valence-corrected chi connectivity index (χ3v) is 3.43. The summed E-state index contributed by atoms with van der Waals surface area (Å²) >= 11 is 3.23. The van der Waals surface area contributed by atoms with E-state index in [4.69, 9.17) is 9.15 Å². The molecular formula is C13H14BrN3O3. The zero-order valence-corrected chi connectivity index (χ0v) is 12.7. The van der Waals surface area contributed by atoms with Gasteiger partial charge in [0, 0.05) is 24.5 Å². The van der Waals surface area contributed by atoms with E-state index < -0.39 is 0 Å². The van der Waals surface area contributed by atoms with E-state index in [0.717, 1.165) is 11.1 Å². The van der Waals surface area contributed by atoms with Crippen LogP contribution in [0.4, 0.5) is 0 Å². The van der Waals surface area contributed by atoms with Gasteiger partial charge in [0.05, 0.1) is 7.11 Å². The molecule has 20 heavy (non-hydrogen) atoms. The number of hydrogen-bond acceptors (Lipinski definition) is 5. The Bertz CT molecular complexity index is 576. The van der Waals surface area contributed by atoms with E-state index in [1.165, 1.54) is 7.11 Å². The molecule has 7 heteroatoms. The fraction of sp³-hybridized carbons (Fsp3) is 0.308. The third kappa shape index (κ3) is 3.57. The summed E-state index contributed by atoms with van der Waals surface area (Å²) in [6.07, 6.45) is 3.98. The molecule has 0 saturated heterocycles. The van der Waals surface area contributed by atoms with E-state index in [-0.39, 0.29) is 5.91 Å². The monoisotopic (exact) mass is 339 g/mol. The summed E-state index contributed by atoms with van der Waals surface area (Å²) in [6.45, 7) is 2.34. The first-order valence-electron chi connectivity index (χ1n) is 5.99. The van der Waals surface area contributed by atoms with E-state index in [0.29, 0.717) is 29.4 Å². The summed E-state index contributed by atoms with van der Waals surface area (Å²) in [5.74, 6) is 0.0496. The number of aromatic nitrogens is 2. The highest BCUT2D eigenvalue weighted by molar-refractivity contribution is 9.10. The molecule has 0 aliphatic heterocycles. The molecule has 0 spiro atoms. The van der Waals surface area contributed by atoms with Crippen LogP contribution in [0.1, 0.15) is 21.7 Å². The molecule has 6 nitrogen and oxygen atoms in total. The molecule has 1 amide bonds. The van der Waals surface area contributed by atoms with E-state index in [1.807, 2.05) is 6.92 Å². The molecule has 2 aromatic heterocycles. The van der Waals surface area contributed by atoms with Gasteiger partial charge < -0.3 is 14.5 Å². The van der Waals surface area contributed by atoms with Crippen molar-refractivity contribution >= 4 is 21.8 Å². The van der Waals surface area contributed by atoms with Gasteiger partial charge >= 0.3 is 6.01 Å². The van der Waals surface area contributed by atoms with Crippen LogP contribution in [0.3, 0.4) is 0 Å². The molecule has 0 aliphatic carbocycles. The Morgan fingerprint density at radius 2 is 2.15 bits per heavy atom. The molecule has 106 valence electrons. The predicted octanol–water partition coefficient (Wildman–Crippen LogP) is 2.12. The number of carbonyl (C=O) groups excluding carboxylic acids is 1. The molecule has 0 aliphatic rings. The minimum Gasteiger partial charge on any atom is -0.467 e. The maximum atomic E-state index is 11.8. The lowest BCUT2D eigenvalue weighted by atomic mass is 10.2. The quantitative estimate of drug-likeness (QED) is 0.902. The highest BCUT2D eigenvalue weighted by Gasteiger charge is 2.12. The maximum Gasteiger partial charge on any atom is 0.316 e. The Hall–Kier alpha value is -1.89. The zero-order valence-electron chi connectivity index (χ0n) is 11.1. The van der Waals surface area contributed by atoms with Crippen molar-refractivity contribution in [3.63, 3.8) is 0 Å². The van der Waals surface area contributed by atoms with Crippen molar-refractivity contribution < 1.29 is 13.9 Å². The van der Waals surface area contributed by atoms with Crippen LogP contribution in [0.25, 0.3) is 0 Å². The van der Waals surface area contributed by atoms with Gasteiger partial charge in [0.1, 0.15) is 0 Å². The zero-order chi connectivity index (χ0) is 14.5. The third-order valence-electron chi connectivity index (χ3n) is 2.64. The van der Waals surface area contributed by atoms with Crippen molar-refractivity contribution in [2.24, 2.45) is 0 Å². The number of aryl methyl sites for hydroxylation is 1. The summed E-state index contributed by atoms with van der Waals surface area (Å²) < 4.78 is 10.7. The standard InChI is InChI=1S/C13H14BrN3O3/c1-8-5-10(20-11(8)14)12(18)15-4-3-9-6-16-13(19-2)17-7-9/h5-7H,3-4H2,1-2H3,(H,15,18). The fourth-order valence-corrected chi connectivity index (χ4v) is 1.85. The summed E-state index contributed by atoms with van der Waals surface area (Å²) in [5.41, 5.74) is 1.81. The molecule has 0 saturated carbocycles. The van der Waals surface area contributed by atoms with Crippen molar-refractivity contribution in [1.29, 1.82) is 0 Å². The van der Waals surface area contributed by atoms with Gasteiger partial charge in [-0.05, 0) is 40.9 Å². The second-order valence-corrected chi connectivity index (χ2v) is 4.87. The van der Waals surface area contributed by atoms with E-state index >= 15 is 0 Å². The van der Waals surface area contributed by atoms with Crippen LogP contribution in [0.2, 0.25) is 0 Å². The number of ether oxygens (including phenoxy) is 1. The molecule has 2 aromatic rings. The molecule has 0 fully saturated rings. The molecule has 0 bridgehead atoms. The van der Waals surface area contributed by atoms with Crippen LogP contribution in [0, 0.1) is 6.92 Å². The van der Waals surface area contributed by atoms with Crippen LogP contribution in [0.5, 0.6) is 6.01 Å². The van der Waals surface area contributed by atoms with Gasteiger partial charge in [-0.2, -0.15) is 0 Å². The smallest absolute Gasteiger partial charge is 0.316 e. The summed E-state index contributed by atoms with van der Waals surface area (Å²) in [7, 11) is 1.51. The maximum absolute atomic E-state index is 11.8. The molecule has 1 N–H and O–H groups in total. The molecule has 0 unspecified atom stereocenters. The minimum atomic E-state index is -0.242. The predicted molar refractivity (Wildman–Crippen MR) is 75.8 cm³/mol. The summed E-state index contributed by atoms with van der Waals surface area (Å²) in [6, 6.07) is 2.02. The topological polar surface area (TPSA) is 77.2 Å². The number of nitrogens with zero attached hydrogens (tertiary/aromatic N) is 2. The molecule has 0 radical (unpaired) electrons. The average molecular weight is 340 g/mol. The first-order chi connectivity index (χ1) is 9.60. The highest BCUT2D eigenvalue weighted by atomic mass is 79.9. The fourth-order valence-electron chi connectivity index (χ4n) is 1.56. The molecule has 0 aromatic carbocycles. The number of carbonyl (C=O) groups is 1. The summed E-state index contributed by atoms with van der Waals surface area (Å²) in [4.78, 5) is 19.8. The number of halogens is 1. The van der Waals surface area contributed by atoms with Gasteiger partial charge in [-0.15, -0.1) is 0 Å². The first kappa shape index (κ1) is 14.5. The highest BCUT2D eigenvalue weighted by Crippen LogP contribution is 2.20. The number of hydrogen-bond donors (Lipinski definition) is 1. The Morgan fingerprint density at radius 1 is 1.45 bits per heavy atom. The van der Waals surface area contributed by atoms with Gasteiger partial charge in [-0.1, -0.05) is 0 Å². The van der Waals surface area contributed by atoms with Gasteiger partial charge in [-0.3, -0.25) is 4.79 Å². The number of nitrogens with one attached hydrogen (secondary N) is 1. The normalized spacial score (nSPS) is 10.3. The number of furan rings is 1. The Balaban J connectivity index is 1.84. The van der Waals surface area contributed by atoms with E-state index in [1.54, 1.807) is 18.5 Å². The van der Waals surface area contributed by atoms with Gasteiger partial charge in [0.25, 0.3) is 5.91 Å². The van der Waals surface area contributed by atoms with E-state index in [2.05, 4.69) is 31.2 Å². The Labute approximate surface area is 124 Å². The lowest BCUT2D eigenvalue weighted by Gasteiger charge is -2.03.